The SMILES string of the molecule is CCOc1c(Cl)cc(CNC(=NC)N2CCC(C)C(n3ccnc3)C2)cc1OC. The van der Waals surface area contributed by atoms with Crippen molar-refractivity contribution in [2.24, 2.45) is 10.9 Å². The first-order chi connectivity index (χ1) is 14.1. The van der Waals surface area contributed by atoms with E-state index in [1.54, 1.807) is 7.11 Å². The highest BCUT2D eigenvalue weighted by atomic mass is 35.5. The summed E-state index contributed by atoms with van der Waals surface area (Å²) in [4.78, 5) is 11.0. The van der Waals surface area contributed by atoms with E-state index in [4.69, 9.17) is 21.1 Å². The second kappa shape index (κ2) is 9.87. The van der Waals surface area contributed by atoms with Crippen LogP contribution in [0.3, 0.4) is 0 Å². The summed E-state index contributed by atoms with van der Waals surface area (Å²) in [6.07, 6.45) is 6.87. The van der Waals surface area contributed by atoms with E-state index in [0.29, 0.717) is 41.6 Å². The van der Waals surface area contributed by atoms with Crippen molar-refractivity contribution in [2.75, 3.05) is 33.9 Å². The van der Waals surface area contributed by atoms with Gasteiger partial charge in [-0.15, -0.1) is 0 Å². The first-order valence-electron chi connectivity index (χ1n) is 9.99. The first-order valence-corrected chi connectivity index (χ1v) is 10.4. The summed E-state index contributed by atoms with van der Waals surface area (Å²) in [7, 11) is 3.44. The second-order valence-corrected chi connectivity index (χ2v) is 7.64. The smallest absolute Gasteiger partial charge is 0.193 e. The molecule has 2 unspecified atom stereocenters. The van der Waals surface area contributed by atoms with Crippen molar-refractivity contribution in [1.82, 2.24) is 19.8 Å². The number of imidazole rings is 1. The van der Waals surface area contributed by atoms with Gasteiger partial charge < -0.3 is 24.3 Å². The molecule has 2 aromatic rings. The van der Waals surface area contributed by atoms with E-state index >= 15 is 0 Å². The maximum atomic E-state index is 6.40. The van der Waals surface area contributed by atoms with Crippen molar-refractivity contribution in [3.63, 3.8) is 0 Å². The van der Waals surface area contributed by atoms with Gasteiger partial charge in [0.05, 0.1) is 31.1 Å². The van der Waals surface area contributed by atoms with E-state index in [1.165, 1.54) is 0 Å². The van der Waals surface area contributed by atoms with Crippen LogP contribution in [0.25, 0.3) is 0 Å². The van der Waals surface area contributed by atoms with Crippen molar-refractivity contribution < 1.29 is 9.47 Å². The van der Waals surface area contributed by atoms with Gasteiger partial charge in [-0.3, -0.25) is 4.99 Å². The van der Waals surface area contributed by atoms with Crippen LogP contribution in [0, 0.1) is 5.92 Å². The largest absolute Gasteiger partial charge is 0.493 e. The molecule has 7 nitrogen and oxygen atoms in total. The number of piperidine rings is 1. The van der Waals surface area contributed by atoms with Crippen LogP contribution in [0.1, 0.15) is 31.9 Å². The number of benzene rings is 1. The Morgan fingerprint density at radius 1 is 1.41 bits per heavy atom. The monoisotopic (exact) mass is 419 g/mol. The zero-order chi connectivity index (χ0) is 20.8. The Bertz CT molecular complexity index is 825. The lowest BCUT2D eigenvalue weighted by molar-refractivity contribution is 0.189. The summed E-state index contributed by atoms with van der Waals surface area (Å²) in [6, 6.07) is 4.23. The summed E-state index contributed by atoms with van der Waals surface area (Å²) < 4.78 is 13.2. The van der Waals surface area contributed by atoms with E-state index < -0.39 is 0 Å². The number of nitrogens with one attached hydrogen (secondary N) is 1. The summed E-state index contributed by atoms with van der Waals surface area (Å²) >= 11 is 6.40. The number of hydrogen-bond donors (Lipinski definition) is 1. The van der Waals surface area contributed by atoms with Crippen LogP contribution in [-0.2, 0) is 6.54 Å². The zero-order valence-electron chi connectivity index (χ0n) is 17.6. The molecule has 2 atom stereocenters. The Kier molecular flexibility index (Phi) is 7.25. The maximum absolute atomic E-state index is 6.40. The number of ether oxygens (including phenoxy) is 2. The van der Waals surface area contributed by atoms with Crippen LogP contribution in [0.4, 0.5) is 0 Å². The molecule has 0 saturated carbocycles. The summed E-state index contributed by atoms with van der Waals surface area (Å²) in [5, 5.41) is 4.01. The molecule has 1 saturated heterocycles. The third-order valence-electron chi connectivity index (χ3n) is 5.37. The van der Waals surface area contributed by atoms with Gasteiger partial charge in [0.15, 0.2) is 17.5 Å². The summed E-state index contributed by atoms with van der Waals surface area (Å²) in [6.45, 7) is 7.21. The molecule has 0 amide bonds. The molecule has 1 N–H and O–H groups in total. The van der Waals surface area contributed by atoms with E-state index in [0.717, 1.165) is 31.0 Å². The van der Waals surface area contributed by atoms with Gasteiger partial charge in [0.1, 0.15) is 0 Å². The van der Waals surface area contributed by atoms with Crippen molar-refractivity contribution in [3.8, 4) is 11.5 Å². The molecule has 1 aromatic carbocycles. The number of guanidine groups is 1. The Morgan fingerprint density at radius 3 is 2.90 bits per heavy atom. The lowest BCUT2D eigenvalue weighted by atomic mass is 9.93. The Hall–Kier alpha value is -2.41. The molecule has 2 heterocycles. The topological polar surface area (TPSA) is 63.9 Å². The average molecular weight is 420 g/mol. The van der Waals surface area contributed by atoms with Crippen LogP contribution >= 0.6 is 11.6 Å². The van der Waals surface area contributed by atoms with Gasteiger partial charge in [0.25, 0.3) is 0 Å². The number of hydrogen-bond acceptors (Lipinski definition) is 4. The maximum Gasteiger partial charge on any atom is 0.193 e. The van der Waals surface area contributed by atoms with Crippen molar-refractivity contribution >= 4 is 17.6 Å². The zero-order valence-corrected chi connectivity index (χ0v) is 18.3. The second-order valence-electron chi connectivity index (χ2n) is 7.23. The molecule has 29 heavy (non-hydrogen) atoms. The van der Waals surface area contributed by atoms with Crippen LogP contribution < -0.4 is 14.8 Å². The number of aromatic nitrogens is 2. The number of rotatable bonds is 6. The fourth-order valence-corrected chi connectivity index (χ4v) is 4.06. The third-order valence-corrected chi connectivity index (χ3v) is 5.65. The minimum atomic E-state index is 0.379. The average Bonchev–Trinajstić information content (AvgIpc) is 3.25. The number of halogens is 1. The predicted molar refractivity (Wildman–Crippen MR) is 116 cm³/mol. The number of aliphatic imine (C=N–C) groups is 1. The molecule has 0 aliphatic carbocycles. The van der Waals surface area contributed by atoms with Crippen molar-refractivity contribution in [1.29, 1.82) is 0 Å². The molecular weight excluding hydrogens is 390 g/mol. The third kappa shape index (κ3) is 4.96. The number of methoxy groups -OCH3 is 1. The quantitative estimate of drug-likeness (QED) is 0.572. The molecule has 1 aliphatic heterocycles. The lowest BCUT2D eigenvalue weighted by Gasteiger charge is -2.39. The Morgan fingerprint density at radius 2 is 2.24 bits per heavy atom. The molecule has 1 aliphatic rings. The molecule has 158 valence electrons. The molecule has 3 rings (SSSR count). The van der Waals surface area contributed by atoms with E-state index in [2.05, 4.69) is 31.7 Å². The van der Waals surface area contributed by atoms with Crippen LogP contribution in [0.2, 0.25) is 5.02 Å². The number of nitrogens with zero attached hydrogens (tertiary/aromatic N) is 4. The normalized spacial score (nSPS) is 19.9. The summed E-state index contributed by atoms with van der Waals surface area (Å²) in [5.41, 5.74) is 1.01. The highest BCUT2D eigenvalue weighted by Crippen LogP contribution is 2.36. The van der Waals surface area contributed by atoms with Gasteiger partial charge in [0.2, 0.25) is 0 Å². The fraction of sp³-hybridized carbons (Fsp3) is 0.524. The molecule has 1 fully saturated rings. The van der Waals surface area contributed by atoms with Crippen molar-refractivity contribution in [3.05, 3.63) is 41.4 Å². The minimum Gasteiger partial charge on any atom is -0.493 e. The summed E-state index contributed by atoms with van der Waals surface area (Å²) in [5.74, 6) is 2.69. The predicted octanol–water partition coefficient (Wildman–Crippen LogP) is 3.60. The van der Waals surface area contributed by atoms with E-state index in [1.807, 2.05) is 44.8 Å². The van der Waals surface area contributed by atoms with E-state index in [-0.39, 0.29) is 0 Å². The molecule has 8 heteroatoms. The van der Waals surface area contributed by atoms with Gasteiger partial charge in [-0.1, -0.05) is 18.5 Å². The van der Waals surface area contributed by atoms with Gasteiger partial charge in [0, 0.05) is 39.1 Å². The highest BCUT2D eigenvalue weighted by molar-refractivity contribution is 6.32. The molecule has 0 spiro atoms. The first kappa shape index (κ1) is 21.3. The van der Waals surface area contributed by atoms with E-state index in [9.17, 15) is 0 Å². The standard InChI is InChI=1S/C21H30ClN5O2/c1-5-29-20-17(22)10-16(11-19(20)28-4)12-25-21(23-3)26-8-6-15(2)18(13-26)27-9-7-24-14-27/h7,9-11,14-15,18H,5-6,8,12-13H2,1-4H3,(H,23,25). The highest BCUT2D eigenvalue weighted by Gasteiger charge is 2.28. The van der Waals surface area contributed by atoms with Gasteiger partial charge in [-0.2, -0.15) is 0 Å². The molecule has 0 radical (unpaired) electrons. The van der Waals surface area contributed by atoms with Gasteiger partial charge in [-0.05, 0) is 37.0 Å². The lowest BCUT2D eigenvalue weighted by Crippen LogP contribution is -2.48. The Labute approximate surface area is 177 Å². The number of likely N-dealkylation sites (tertiary alicyclic amines) is 1. The van der Waals surface area contributed by atoms with Crippen LogP contribution in [-0.4, -0.2) is 54.3 Å². The van der Waals surface area contributed by atoms with Crippen LogP contribution in [0.15, 0.2) is 35.8 Å². The minimum absolute atomic E-state index is 0.379. The van der Waals surface area contributed by atoms with Gasteiger partial charge >= 0.3 is 0 Å². The van der Waals surface area contributed by atoms with Crippen LogP contribution in [0.5, 0.6) is 11.5 Å². The Balaban J connectivity index is 1.68. The molecular formula is C21H30ClN5O2. The molecule has 0 bridgehead atoms. The van der Waals surface area contributed by atoms with Gasteiger partial charge in [-0.25, -0.2) is 4.98 Å². The molecule has 1 aromatic heterocycles. The van der Waals surface area contributed by atoms with Crippen molar-refractivity contribution in [2.45, 2.75) is 32.9 Å². The fourth-order valence-electron chi connectivity index (χ4n) is 3.77.